The van der Waals surface area contributed by atoms with Gasteiger partial charge >= 0.3 is 0 Å². The van der Waals surface area contributed by atoms with Gasteiger partial charge in [0.25, 0.3) is 0 Å². The first-order chi connectivity index (χ1) is 8.92. The van der Waals surface area contributed by atoms with Crippen molar-refractivity contribution in [3.8, 4) is 11.4 Å². The lowest BCUT2D eigenvalue weighted by Crippen LogP contribution is -1.77. The van der Waals surface area contributed by atoms with E-state index in [-0.39, 0.29) is 0 Å². The number of rotatable bonds is 1. The summed E-state index contributed by atoms with van der Waals surface area (Å²) in [6.07, 6.45) is 3.52. The van der Waals surface area contributed by atoms with E-state index in [0.717, 1.165) is 33.5 Å². The van der Waals surface area contributed by atoms with Gasteiger partial charge in [-0.1, -0.05) is 0 Å². The lowest BCUT2D eigenvalue weighted by Gasteiger charge is -1.92. The summed E-state index contributed by atoms with van der Waals surface area (Å²) in [5, 5.41) is 8.21. The molecule has 4 heterocycles. The van der Waals surface area contributed by atoms with Crippen LogP contribution in [0.1, 0.15) is 0 Å². The molecule has 18 heavy (non-hydrogen) atoms. The third-order valence-corrected chi connectivity index (χ3v) is 2.99. The molecule has 5 heteroatoms. The second kappa shape index (κ2) is 3.40. The minimum absolute atomic E-state index is 0.721. The van der Waals surface area contributed by atoms with Crippen LogP contribution in [-0.4, -0.2) is 25.1 Å². The van der Waals surface area contributed by atoms with E-state index < -0.39 is 0 Å². The maximum Gasteiger partial charge on any atom is 0.181 e. The van der Waals surface area contributed by atoms with Crippen molar-refractivity contribution in [1.29, 1.82) is 0 Å². The van der Waals surface area contributed by atoms with Crippen LogP contribution in [0.25, 0.3) is 33.5 Å². The summed E-state index contributed by atoms with van der Waals surface area (Å²) >= 11 is 0. The van der Waals surface area contributed by atoms with Gasteiger partial charge < -0.3 is 4.98 Å². The predicted molar refractivity (Wildman–Crippen MR) is 69.0 cm³/mol. The van der Waals surface area contributed by atoms with Crippen molar-refractivity contribution in [2.24, 2.45) is 0 Å². The van der Waals surface area contributed by atoms with Gasteiger partial charge in [-0.25, -0.2) is 4.98 Å². The molecule has 0 aromatic carbocycles. The Labute approximate surface area is 102 Å². The second-order valence-electron chi connectivity index (χ2n) is 4.09. The Morgan fingerprint density at radius 2 is 1.89 bits per heavy atom. The van der Waals surface area contributed by atoms with E-state index in [9.17, 15) is 0 Å². The van der Waals surface area contributed by atoms with Gasteiger partial charge in [-0.2, -0.15) is 5.10 Å². The number of nitrogens with one attached hydrogen (secondary N) is 2. The Morgan fingerprint density at radius 3 is 2.83 bits per heavy atom. The van der Waals surface area contributed by atoms with Crippen molar-refractivity contribution in [1.82, 2.24) is 25.1 Å². The highest BCUT2D eigenvalue weighted by molar-refractivity contribution is 5.93. The first kappa shape index (κ1) is 9.35. The Hall–Kier alpha value is -2.69. The molecule has 0 saturated heterocycles. The van der Waals surface area contributed by atoms with Crippen LogP contribution in [0, 0.1) is 0 Å². The molecule has 0 atom stereocenters. The molecule has 0 bridgehead atoms. The molecule has 0 amide bonds. The first-order valence-electron chi connectivity index (χ1n) is 5.65. The molecule has 0 radical (unpaired) electrons. The number of hydrogen-bond donors (Lipinski definition) is 2. The summed E-state index contributed by atoms with van der Waals surface area (Å²) < 4.78 is 0. The maximum atomic E-state index is 4.31. The summed E-state index contributed by atoms with van der Waals surface area (Å²) in [6, 6.07) is 9.83. The van der Waals surface area contributed by atoms with Gasteiger partial charge in [0.05, 0.1) is 22.4 Å². The Balaban J connectivity index is 2.01. The number of hydrogen-bond acceptors (Lipinski definition) is 3. The zero-order chi connectivity index (χ0) is 11.9. The summed E-state index contributed by atoms with van der Waals surface area (Å²) in [5.41, 5.74) is 4.59. The molecule has 0 fully saturated rings. The SMILES string of the molecule is c1cnc2cc(-c3[nH]nc4ncccc34)[nH]c2c1. The van der Waals surface area contributed by atoms with E-state index in [1.807, 2.05) is 30.3 Å². The van der Waals surface area contributed by atoms with Crippen molar-refractivity contribution in [3.05, 3.63) is 42.7 Å². The van der Waals surface area contributed by atoms with Crippen LogP contribution in [0.2, 0.25) is 0 Å². The number of fused-ring (bicyclic) bond motifs is 2. The van der Waals surface area contributed by atoms with Gasteiger partial charge in [0.15, 0.2) is 5.65 Å². The molecule has 4 aromatic heterocycles. The molecule has 4 aromatic rings. The molecule has 2 N–H and O–H groups in total. The average Bonchev–Trinajstić information content (AvgIpc) is 3.02. The highest BCUT2D eigenvalue weighted by atomic mass is 15.2. The zero-order valence-corrected chi connectivity index (χ0v) is 9.38. The van der Waals surface area contributed by atoms with E-state index in [1.54, 1.807) is 12.4 Å². The van der Waals surface area contributed by atoms with Gasteiger partial charge in [0.2, 0.25) is 0 Å². The molecule has 4 rings (SSSR count). The lowest BCUT2D eigenvalue weighted by atomic mass is 10.2. The van der Waals surface area contributed by atoms with Crippen LogP contribution in [0.3, 0.4) is 0 Å². The first-order valence-corrected chi connectivity index (χ1v) is 5.65. The number of H-pyrrole nitrogens is 2. The quantitative estimate of drug-likeness (QED) is 0.532. The van der Waals surface area contributed by atoms with Crippen LogP contribution >= 0.6 is 0 Å². The molecule has 0 aliphatic carbocycles. The van der Waals surface area contributed by atoms with Gasteiger partial charge in [0, 0.05) is 17.8 Å². The van der Waals surface area contributed by atoms with E-state index >= 15 is 0 Å². The van der Waals surface area contributed by atoms with Crippen LogP contribution in [0.5, 0.6) is 0 Å². The topological polar surface area (TPSA) is 70.2 Å². The fourth-order valence-corrected chi connectivity index (χ4v) is 2.15. The minimum Gasteiger partial charge on any atom is -0.352 e. The molecule has 0 aliphatic rings. The zero-order valence-electron chi connectivity index (χ0n) is 9.38. The molecule has 5 nitrogen and oxygen atoms in total. The fraction of sp³-hybridized carbons (Fsp3) is 0. The molecular formula is C13H9N5. The van der Waals surface area contributed by atoms with Crippen LogP contribution in [-0.2, 0) is 0 Å². The highest BCUT2D eigenvalue weighted by Crippen LogP contribution is 2.26. The molecule has 86 valence electrons. The number of nitrogens with zero attached hydrogens (tertiary/aromatic N) is 3. The largest absolute Gasteiger partial charge is 0.352 e. The van der Waals surface area contributed by atoms with Crippen molar-refractivity contribution >= 4 is 22.1 Å². The summed E-state index contributed by atoms with van der Waals surface area (Å²) in [4.78, 5) is 11.8. The molecule has 0 unspecified atom stereocenters. The minimum atomic E-state index is 0.721. The predicted octanol–water partition coefficient (Wildman–Crippen LogP) is 2.50. The van der Waals surface area contributed by atoms with Gasteiger partial charge in [-0.05, 0) is 30.3 Å². The van der Waals surface area contributed by atoms with Crippen LogP contribution in [0.15, 0.2) is 42.7 Å². The van der Waals surface area contributed by atoms with Crippen LogP contribution < -0.4 is 0 Å². The summed E-state index contributed by atoms with van der Waals surface area (Å²) in [5.74, 6) is 0. The fourth-order valence-electron chi connectivity index (χ4n) is 2.15. The highest BCUT2D eigenvalue weighted by Gasteiger charge is 2.10. The molecule has 0 saturated carbocycles. The van der Waals surface area contributed by atoms with Crippen molar-refractivity contribution in [2.75, 3.05) is 0 Å². The third-order valence-electron chi connectivity index (χ3n) is 2.99. The number of aromatic amines is 2. The second-order valence-corrected chi connectivity index (χ2v) is 4.09. The summed E-state index contributed by atoms with van der Waals surface area (Å²) in [7, 11) is 0. The van der Waals surface area contributed by atoms with E-state index in [2.05, 4.69) is 25.1 Å². The third kappa shape index (κ3) is 1.24. The Bertz CT molecular complexity index is 809. The van der Waals surface area contributed by atoms with E-state index in [4.69, 9.17) is 0 Å². The van der Waals surface area contributed by atoms with Crippen molar-refractivity contribution in [2.45, 2.75) is 0 Å². The summed E-state index contributed by atoms with van der Waals surface area (Å²) in [6.45, 7) is 0. The molecule has 0 aliphatic heterocycles. The smallest absolute Gasteiger partial charge is 0.181 e. The van der Waals surface area contributed by atoms with Gasteiger partial charge in [-0.15, -0.1) is 0 Å². The molecule has 0 spiro atoms. The lowest BCUT2D eigenvalue weighted by molar-refractivity contribution is 1.10. The van der Waals surface area contributed by atoms with Crippen molar-refractivity contribution < 1.29 is 0 Å². The van der Waals surface area contributed by atoms with Gasteiger partial charge in [0.1, 0.15) is 0 Å². The maximum absolute atomic E-state index is 4.31. The number of pyridine rings is 2. The normalized spacial score (nSPS) is 11.3. The van der Waals surface area contributed by atoms with Crippen LogP contribution in [0.4, 0.5) is 0 Å². The number of aromatic nitrogens is 5. The van der Waals surface area contributed by atoms with E-state index in [0.29, 0.717) is 0 Å². The van der Waals surface area contributed by atoms with Gasteiger partial charge in [-0.3, -0.25) is 10.1 Å². The molecular weight excluding hydrogens is 226 g/mol. The Morgan fingerprint density at radius 1 is 1.00 bits per heavy atom. The standard InChI is InChI=1S/C13H9N5/c1-3-8-12(17-18-13(8)15-6-1)11-7-10-9(16-11)4-2-5-14-10/h1-7,16H,(H,15,17,18). The van der Waals surface area contributed by atoms with E-state index in [1.165, 1.54) is 0 Å². The average molecular weight is 235 g/mol. The van der Waals surface area contributed by atoms with Crippen molar-refractivity contribution in [3.63, 3.8) is 0 Å². The Kier molecular flexibility index (Phi) is 1.77. The monoisotopic (exact) mass is 235 g/mol.